The monoisotopic (exact) mass is 325 g/mol. The molecule has 0 spiro atoms. The molecule has 1 saturated carbocycles. The highest BCUT2D eigenvalue weighted by atomic mass is 16.5. The third-order valence-electron chi connectivity index (χ3n) is 3.66. The molecule has 8 nitrogen and oxygen atoms in total. The van der Waals surface area contributed by atoms with E-state index in [1.165, 1.54) is 19.0 Å². The summed E-state index contributed by atoms with van der Waals surface area (Å²) < 4.78 is 10.2. The Balaban J connectivity index is 1.51. The van der Waals surface area contributed by atoms with E-state index in [9.17, 15) is 4.79 Å². The quantitative estimate of drug-likeness (QED) is 0.716. The zero-order chi connectivity index (χ0) is 16.4. The minimum atomic E-state index is -0.640. The predicted octanol–water partition coefficient (Wildman–Crippen LogP) is 2.35. The summed E-state index contributed by atoms with van der Waals surface area (Å²) in [6, 6.07) is 7.59. The standard InChI is InChI=1S/C16H15N5O3/c22-16-20-15(21-24-16)13-14(18-8-7-17-13)19-11-3-5-12(6-4-11)23-9-10-1-2-10/h3-8,10H,1-2,9H2,(H,18,19)(H,20,21,22). The van der Waals surface area contributed by atoms with Gasteiger partial charge in [0.1, 0.15) is 5.75 Å². The normalized spacial score (nSPS) is 13.7. The Morgan fingerprint density at radius 1 is 1.21 bits per heavy atom. The van der Waals surface area contributed by atoms with Crippen molar-refractivity contribution < 1.29 is 9.26 Å². The molecule has 24 heavy (non-hydrogen) atoms. The van der Waals surface area contributed by atoms with Gasteiger partial charge in [-0.15, -0.1) is 0 Å². The Morgan fingerprint density at radius 3 is 2.71 bits per heavy atom. The fourth-order valence-electron chi connectivity index (χ4n) is 2.20. The molecule has 3 aromatic rings. The second-order valence-electron chi connectivity index (χ2n) is 5.60. The second-order valence-corrected chi connectivity index (χ2v) is 5.60. The summed E-state index contributed by atoms with van der Waals surface area (Å²) in [7, 11) is 0. The second kappa shape index (κ2) is 6.15. The minimum absolute atomic E-state index is 0.222. The molecule has 0 aliphatic heterocycles. The van der Waals surface area contributed by atoms with Crippen LogP contribution < -0.4 is 15.8 Å². The number of nitrogens with one attached hydrogen (secondary N) is 2. The third-order valence-corrected chi connectivity index (χ3v) is 3.66. The molecule has 2 heterocycles. The first-order valence-electron chi connectivity index (χ1n) is 7.65. The summed E-state index contributed by atoms with van der Waals surface area (Å²) in [6.45, 7) is 0.778. The van der Waals surface area contributed by atoms with Crippen LogP contribution in [0.5, 0.6) is 5.75 Å². The van der Waals surface area contributed by atoms with Gasteiger partial charge in [-0.1, -0.05) is 5.16 Å². The maximum atomic E-state index is 11.1. The van der Waals surface area contributed by atoms with Crippen molar-refractivity contribution in [2.24, 2.45) is 5.92 Å². The van der Waals surface area contributed by atoms with Crippen LogP contribution in [0.4, 0.5) is 11.5 Å². The fraction of sp³-hybridized carbons (Fsp3) is 0.250. The Bertz CT molecular complexity index is 883. The first-order valence-corrected chi connectivity index (χ1v) is 7.65. The van der Waals surface area contributed by atoms with E-state index in [4.69, 9.17) is 4.74 Å². The van der Waals surface area contributed by atoms with Crippen LogP contribution in [0.15, 0.2) is 46.0 Å². The van der Waals surface area contributed by atoms with Gasteiger partial charge in [-0.05, 0) is 43.0 Å². The van der Waals surface area contributed by atoms with Gasteiger partial charge in [-0.3, -0.25) is 9.51 Å². The summed E-state index contributed by atoms with van der Waals surface area (Å²) in [5.74, 6) is 1.61. The van der Waals surface area contributed by atoms with Crippen molar-refractivity contribution in [3.63, 3.8) is 0 Å². The summed E-state index contributed by atoms with van der Waals surface area (Å²) in [6.07, 6.45) is 5.60. The van der Waals surface area contributed by atoms with Crippen LogP contribution in [-0.4, -0.2) is 26.7 Å². The van der Waals surface area contributed by atoms with Crippen LogP contribution in [-0.2, 0) is 0 Å². The lowest BCUT2D eigenvalue weighted by atomic mass is 10.3. The van der Waals surface area contributed by atoms with Gasteiger partial charge in [-0.2, -0.15) is 0 Å². The average Bonchev–Trinajstić information content (AvgIpc) is 3.34. The maximum Gasteiger partial charge on any atom is 0.439 e. The number of H-pyrrole nitrogens is 1. The highest BCUT2D eigenvalue weighted by Gasteiger charge is 2.21. The fourth-order valence-corrected chi connectivity index (χ4v) is 2.20. The Hall–Kier alpha value is -3.16. The zero-order valence-corrected chi connectivity index (χ0v) is 12.7. The van der Waals surface area contributed by atoms with Crippen molar-refractivity contribution in [3.05, 3.63) is 47.2 Å². The van der Waals surface area contributed by atoms with E-state index in [1.807, 2.05) is 24.3 Å². The Kier molecular flexibility index (Phi) is 3.70. The van der Waals surface area contributed by atoms with Crippen LogP contribution in [0.3, 0.4) is 0 Å². The predicted molar refractivity (Wildman–Crippen MR) is 86.1 cm³/mol. The van der Waals surface area contributed by atoms with E-state index in [-0.39, 0.29) is 5.82 Å². The number of rotatable bonds is 6. The van der Waals surface area contributed by atoms with E-state index in [2.05, 4.69) is 29.9 Å². The summed E-state index contributed by atoms with van der Waals surface area (Å²) in [4.78, 5) is 22.0. The molecule has 8 heteroatoms. The summed E-state index contributed by atoms with van der Waals surface area (Å²) >= 11 is 0. The molecule has 1 aliphatic carbocycles. The van der Waals surface area contributed by atoms with E-state index in [0.717, 1.165) is 24.0 Å². The molecule has 0 saturated heterocycles. The van der Waals surface area contributed by atoms with Gasteiger partial charge in [0.05, 0.1) is 6.61 Å². The molecule has 1 aliphatic rings. The highest BCUT2D eigenvalue weighted by molar-refractivity contribution is 5.70. The molecule has 0 unspecified atom stereocenters. The number of hydrogen-bond acceptors (Lipinski definition) is 7. The number of hydrogen-bond donors (Lipinski definition) is 2. The number of anilines is 2. The molecular weight excluding hydrogens is 310 g/mol. The van der Waals surface area contributed by atoms with E-state index < -0.39 is 5.76 Å². The van der Waals surface area contributed by atoms with E-state index in [1.54, 1.807) is 6.20 Å². The average molecular weight is 325 g/mol. The first kappa shape index (κ1) is 14.4. The highest BCUT2D eigenvalue weighted by Crippen LogP contribution is 2.30. The van der Waals surface area contributed by atoms with Crippen LogP contribution in [0, 0.1) is 5.92 Å². The number of aromatic nitrogens is 4. The van der Waals surface area contributed by atoms with Crippen molar-refractivity contribution >= 4 is 11.5 Å². The van der Waals surface area contributed by atoms with Gasteiger partial charge < -0.3 is 10.1 Å². The first-order chi connectivity index (χ1) is 11.8. The smallest absolute Gasteiger partial charge is 0.439 e. The van der Waals surface area contributed by atoms with Crippen molar-refractivity contribution in [1.29, 1.82) is 0 Å². The van der Waals surface area contributed by atoms with Crippen LogP contribution in [0.2, 0.25) is 0 Å². The molecule has 1 fully saturated rings. The maximum absolute atomic E-state index is 11.1. The minimum Gasteiger partial charge on any atom is -0.493 e. The van der Waals surface area contributed by atoms with Gasteiger partial charge in [0.25, 0.3) is 0 Å². The molecule has 1 aromatic carbocycles. The summed E-state index contributed by atoms with van der Waals surface area (Å²) in [5, 5.41) is 6.80. The molecule has 122 valence electrons. The largest absolute Gasteiger partial charge is 0.493 e. The van der Waals surface area contributed by atoms with Gasteiger partial charge in [-0.25, -0.2) is 14.8 Å². The molecule has 2 aromatic heterocycles. The van der Waals surface area contributed by atoms with Crippen molar-refractivity contribution in [2.45, 2.75) is 12.8 Å². The molecule has 0 bridgehead atoms. The van der Waals surface area contributed by atoms with E-state index >= 15 is 0 Å². The van der Waals surface area contributed by atoms with Crippen molar-refractivity contribution in [1.82, 2.24) is 20.1 Å². The lowest BCUT2D eigenvalue weighted by molar-refractivity contribution is 0.300. The topological polar surface area (TPSA) is 106 Å². The third kappa shape index (κ3) is 3.27. The van der Waals surface area contributed by atoms with Crippen LogP contribution >= 0.6 is 0 Å². The van der Waals surface area contributed by atoms with Crippen LogP contribution in [0.1, 0.15) is 12.8 Å². The van der Waals surface area contributed by atoms with Crippen molar-refractivity contribution in [3.8, 4) is 17.3 Å². The summed E-state index contributed by atoms with van der Waals surface area (Å²) in [5.41, 5.74) is 1.22. The zero-order valence-electron chi connectivity index (χ0n) is 12.7. The molecule has 0 radical (unpaired) electrons. The Labute approximate surface area is 136 Å². The lowest BCUT2D eigenvalue weighted by Gasteiger charge is -2.09. The van der Waals surface area contributed by atoms with Gasteiger partial charge in [0.15, 0.2) is 11.5 Å². The van der Waals surface area contributed by atoms with Crippen LogP contribution in [0.25, 0.3) is 11.5 Å². The number of ether oxygens (including phenoxy) is 1. The molecule has 4 rings (SSSR count). The van der Waals surface area contributed by atoms with E-state index in [0.29, 0.717) is 11.5 Å². The number of aromatic amines is 1. The SMILES string of the molecule is O=c1[nH]c(-c2nccnc2Nc2ccc(OCC3CC3)cc2)no1. The Morgan fingerprint density at radius 2 is 2.00 bits per heavy atom. The van der Waals surface area contributed by atoms with Gasteiger partial charge >= 0.3 is 5.76 Å². The lowest BCUT2D eigenvalue weighted by Crippen LogP contribution is -2.01. The van der Waals surface area contributed by atoms with Gasteiger partial charge in [0, 0.05) is 18.1 Å². The van der Waals surface area contributed by atoms with Crippen molar-refractivity contribution in [2.75, 3.05) is 11.9 Å². The molecular formula is C16H15N5O3. The molecule has 2 N–H and O–H groups in total. The number of nitrogens with zero attached hydrogens (tertiary/aromatic N) is 3. The number of benzene rings is 1. The van der Waals surface area contributed by atoms with Gasteiger partial charge in [0.2, 0.25) is 5.82 Å². The molecule has 0 amide bonds. The molecule has 0 atom stereocenters.